The van der Waals surface area contributed by atoms with Crippen molar-refractivity contribution in [1.29, 1.82) is 0 Å². The predicted molar refractivity (Wildman–Crippen MR) is 97.9 cm³/mol. The van der Waals surface area contributed by atoms with E-state index in [2.05, 4.69) is 24.8 Å². The molecule has 27 heavy (non-hydrogen) atoms. The zero-order valence-electron chi connectivity index (χ0n) is 15.3. The lowest BCUT2D eigenvalue weighted by atomic mass is 9.93. The van der Waals surface area contributed by atoms with Gasteiger partial charge in [-0.05, 0) is 31.3 Å². The van der Waals surface area contributed by atoms with Crippen molar-refractivity contribution in [3.8, 4) is 10.6 Å². The first-order valence-corrected chi connectivity index (χ1v) is 9.76. The molecule has 1 amide bonds. The minimum absolute atomic E-state index is 0.135. The van der Waals surface area contributed by atoms with E-state index in [0.29, 0.717) is 18.8 Å². The summed E-state index contributed by atoms with van der Waals surface area (Å²) in [5, 5.41) is 12.4. The van der Waals surface area contributed by atoms with E-state index in [-0.39, 0.29) is 17.7 Å². The zero-order chi connectivity index (χ0) is 18.8. The molecule has 0 aliphatic carbocycles. The normalized spacial score (nSPS) is 18.6. The van der Waals surface area contributed by atoms with Gasteiger partial charge in [0, 0.05) is 25.1 Å². The van der Waals surface area contributed by atoms with Crippen LogP contribution >= 0.6 is 11.5 Å². The maximum absolute atomic E-state index is 12.9. The van der Waals surface area contributed by atoms with Gasteiger partial charge in [0.2, 0.25) is 5.91 Å². The van der Waals surface area contributed by atoms with Crippen molar-refractivity contribution in [2.75, 3.05) is 13.1 Å². The van der Waals surface area contributed by atoms with Crippen LogP contribution in [0.5, 0.6) is 0 Å². The summed E-state index contributed by atoms with van der Waals surface area (Å²) >= 11 is 1.31. The highest BCUT2D eigenvalue weighted by Crippen LogP contribution is 2.35. The Labute approximate surface area is 160 Å². The number of rotatable bonds is 5. The lowest BCUT2D eigenvalue weighted by molar-refractivity contribution is -0.136. The van der Waals surface area contributed by atoms with Crippen molar-refractivity contribution in [2.24, 2.45) is 5.92 Å². The molecule has 0 saturated carbocycles. The Balaban J connectivity index is 1.47. The van der Waals surface area contributed by atoms with Crippen molar-refractivity contribution < 1.29 is 9.32 Å². The van der Waals surface area contributed by atoms with E-state index < -0.39 is 0 Å². The Morgan fingerprint density at radius 3 is 3.11 bits per heavy atom. The van der Waals surface area contributed by atoms with E-state index >= 15 is 0 Å². The van der Waals surface area contributed by atoms with Crippen LogP contribution in [0.2, 0.25) is 0 Å². The van der Waals surface area contributed by atoms with E-state index in [1.807, 2.05) is 24.8 Å². The fraction of sp³-hybridized carbons (Fsp3) is 0.529. The summed E-state index contributed by atoms with van der Waals surface area (Å²) in [5.41, 5.74) is 1.73. The zero-order valence-corrected chi connectivity index (χ0v) is 16.1. The average Bonchev–Trinajstić information content (AvgIpc) is 3.42. The Bertz CT molecular complexity index is 904. The first-order valence-electron chi connectivity index (χ1n) is 8.99. The second-order valence-electron chi connectivity index (χ2n) is 6.96. The number of carbonyl (C=O) groups excluding carboxylic acids is 1. The van der Waals surface area contributed by atoms with Crippen LogP contribution in [0, 0.1) is 12.8 Å². The molecule has 2 atom stereocenters. The van der Waals surface area contributed by atoms with Gasteiger partial charge in [0.15, 0.2) is 5.76 Å². The summed E-state index contributed by atoms with van der Waals surface area (Å²) in [6, 6.07) is 1.89. The van der Waals surface area contributed by atoms with Gasteiger partial charge < -0.3 is 9.42 Å². The third-order valence-electron chi connectivity index (χ3n) is 4.83. The molecule has 1 aliphatic heterocycles. The van der Waals surface area contributed by atoms with E-state index in [1.54, 1.807) is 11.0 Å². The summed E-state index contributed by atoms with van der Waals surface area (Å²) in [4.78, 5) is 19.7. The number of piperidine rings is 1. The lowest BCUT2D eigenvalue weighted by Gasteiger charge is -2.33. The van der Waals surface area contributed by atoms with Crippen LogP contribution in [0.1, 0.15) is 37.1 Å². The maximum Gasteiger partial charge on any atom is 0.227 e. The molecule has 4 heterocycles. The highest BCUT2D eigenvalue weighted by molar-refractivity contribution is 7.09. The van der Waals surface area contributed by atoms with Crippen LogP contribution in [0.3, 0.4) is 0 Å². The molecular formula is C17H21N7O2S. The van der Waals surface area contributed by atoms with Gasteiger partial charge in [-0.3, -0.25) is 9.48 Å². The summed E-state index contributed by atoms with van der Waals surface area (Å²) in [5.74, 6) is 0.826. The van der Waals surface area contributed by atoms with Crippen molar-refractivity contribution in [3.05, 3.63) is 30.1 Å². The molecule has 10 heteroatoms. The molecule has 4 rings (SSSR count). The summed E-state index contributed by atoms with van der Waals surface area (Å²) in [7, 11) is 0. The maximum atomic E-state index is 12.9. The van der Waals surface area contributed by atoms with Gasteiger partial charge >= 0.3 is 0 Å². The van der Waals surface area contributed by atoms with Crippen LogP contribution in [0.15, 0.2) is 23.2 Å². The molecule has 9 nitrogen and oxygen atoms in total. The van der Waals surface area contributed by atoms with Gasteiger partial charge in [0.25, 0.3) is 0 Å². The minimum atomic E-state index is -0.157. The Kier molecular flexibility index (Phi) is 4.97. The van der Waals surface area contributed by atoms with Crippen molar-refractivity contribution in [1.82, 2.24) is 34.4 Å². The van der Waals surface area contributed by atoms with Crippen molar-refractivity contribution >= 4 is 17.4 Å². The van der Waals surface area contributed by atoms with Gasteiger partial charge in [0.1, 0.15) is 17.5 Å². The molecular weight excluding hydrogens is 366 g/mol. The fourth-order valence-electron chi connectivity index (χ4n) is 3.50. The number of likely N-dealkylation sites (tertiary alicyclic amines) is 1. The molecule has 1 saturated heterocycles. The molecule has 142 valence electrons. The molecule has 1 aliphatic rings. The van der Waals surface area contributed by atoms with E-state index in [1.165, 1.54) is 17.9 Å². The highest BCUT2D eigenvalue weighted by Gasteiger charge is 2.31. The number of hydrogen-bond donors (Lipinski definition) is 0. The van der Waals surface area contributed by atoms with Crippen LogP contribution < -0.4 is 0 Å². The Morgan fingerprint density at radius 1 is 1.48 bits per heavy atom. The second kappa shape index (κ2) is 7.55. The predicted octanol–water partition coefficient (Wildman–Crippen LogP) is 2.14. The monoisotopic (exact) mass is 387 g/mol. The molecule has 0 aromatic carbocycles. The summed E-state index contributed by atoms with van der Waals surface area (Å²) in [6.07, 6.45) is 5.04. The standard InChI is InChI=1S/C17H21N7O2S/c1-11(7-24-10-18-9-19-24)17(25)23-5-3-4-13(8-23)15-16(27-22-20-15)14-6-12(2)21-26-14/h6,9-11,13H,3-5,7-8H2,1-2H3/t11-,13+/m1/s1. The number of aromatic nitrogens is 6. The number of carbonyl (C=O) groups is 1. The quantitative estimate of drug-likeness (QED) is 0.661. The second-order valence-corrected chi connectivity index (χ2v) is 7.72. The first-order chi connectivity index (χ1) is 13.1. The first kappa shape index (κ1) is 17.8. The Morgan fingerprint density at radius 2 is 2.37 bits per heavy atom. The van der Waals surface area contributed by atoms with Crippen LogP contribution in [-0.2, 0) is 11.3 Å². The van der Waals surface area contributed by atoms with Crippen LogP contribution in [0.4, 0.5) is 0 Å². The molecule has 3 aromatic heterocycles. The van der Waals surface area contributed by atoms with Gasteiger partial charge in [0.05, 0.1) is 23.9 Å². The molecule has 3 aromatic rings. The molecule has 0 radical (unpaired) electrons. The van der Waals surface area contributed by atoms with Gasteiger partial charge in [-0.25, -0.2) is 4.98 Å². The largest absolute Gasteiger partial charge is 0.355 e. The summed E-state index contributed by atoms with van der Waals surface area (Å²) < 4.78 is 11.2. The third kappa shape index (κ3) is 3.75. The lowest BCUT2D eigenvalue weighted by Crippen LogP contribution is -2.42. The van der Waals surface area contributed by atoms with E-state index in [9.17, 15) is 4.79 Å². The average molecular weight is 387 g/mol. The number of aryl methyl sites for hydroxylation is 1. The van der Waals surface area contributed by atoms with E-state index in [4.69, 9.17) is 4.52 Å². The Hall–Kier alpha value is -2.62. The highest BCUT2D eigenvalue weighted by atomic mass is 32.1. The van der Waals surface area contributed by atoms with Crippen molar-refractivity contribution in [2.45, 2.75) is 39.2 Å². The van der Waals surface area contributed by atoms with Crippen LogP contribution in [0.25, 0.3) is 10.6 Å². The third-order valence-corrected chi connectivity index (χ3v) is 5.59. The smallest absolute Gasteiger partial charge is 0.227 e. The topological polar surface area (TPSA) is 103 Å². The van der Waals surface area contributed by atoms with Crippen molar-refractivity contribution in [3.63, 3.8) is 0 Å². The molecule has 1 fully saturated rings. The molecule has 0 N–H and O–H groups in total. The van der Waals surface area contributed by atoms with Crippen LogP contribution in [-0.4, -0.2) is 53.4 Å². The molecule has 0 spiro atoms. The van der Waals surface area contributed by atoms with E-state index in [0.717, 1.165) is 35.7 Å². The SMILES string of the molecule is Cc1cc(-c2snnc2[C@H]2CCCN(C(=O)[C@H](C)Cn3cncn3)C2)on1. The minimum Gasteiger partial charge on any atom is -0.355 e. The van der Waals surface area contributed by atoms with Gasteiger partial charge in [-0.1, -0.05) is 16.6 Å². The van der Waals surface area contributed by atoms with Gasteiger partial charge in [-0.2, -0.15) is 5.10 Å². The number of amides is 1. The molecule has 0 bridgehead atoms. The fourth-order valence-corrected chi connectivity index (χ4v) is 4.20. The molecule has 0 unspecified atom stereocenters. The number of hydrogen-bond acceptors (Lipinski definition) is 8. The van der Waals surface area contributed by atoms with Gasteiger partial charge in [-0.15, -0.1) is 5.10 Å². The summed E-state index contributed by atoms with van der Waals surface area (Å²) in [6.45, 7) is 5.76. The number of nitrogens with zero attached hydrogens (tertiary/aromatic N) is 7.